The number of rotatable bonds is 3. The molecule has 0 bridgehead atoms. The zero-order chi connectivity index (χ0) is 25.5. The highest BCUT2D eigenvalue weighted by molar-refractivity contribution is 5.88. The summed E-state index contributed by atoms with van der Waals surface area (Å²) in [4.78, 5) is 14.4. The minimum Gasteiger partial charge on any atom is -0.496 e. The average molecular weight is 490 g/mol. The standard InChI is InChI=1S/C27H31N5O4/c1-26(2,3)36-25(33)32-15-13-27(14-16-32)17-20(23-21(34-5)7-6-8-22(23)35-27)18-9-11-19(12-10-18)24-28-29-30-31(24)4/h6-12,17H,13-16H2,1-5H3. The molecule has 1 aromatic heterocycles. The predicted octanol–water partition coefficient (Wildman–Crippen LogP) is 4.48. The van der Waals surface area contributed by atoms with E-state index in [1.165, 1.54) is 0 Å². The van der Waals surface area contributed by atoms with Crippen molar-refractivity contribution in [3.8, 4) is 22.9 Å². The molecular formula is C27H31N5O4. The van der Waals surface area contributed by atoms with Gasteiger partial charge in [0.05, 0.1) is 12.7 Å². The Morgan fingerprint density at radius 3 is 2.36 bits per heavy atom. The zero-order valence-electron chi connectivity index (χ0n) is 21.3. The van der Waals surface area contributed by atoms with E-state index in [4.69, 9.17) is 14.2 Å². The van der Waals surface area contributed by atoms with Gasteiger partial charge in [-0.15, -0.1) is 5.10 Å². The molecule has 2 aliphatic heterocycles. The Hall–Kier alpha value is -3.88. The van der Waals surface area contributed by atoms with Crippen molar-refractivity contribution in [2.75, 3.05) is 20.2 Å². The summed E-state index contributed by atoms with van der Waals surface area (Å²) in [6.07, 6.45) is 3.24. The summed E-state index contributed by atoms with van der Waals surface area (Å²) < 4.78 is 19.6. The molecule has 0 radical (unpaired) electrons. The summed E-state index contributed by atoms with van der Waals surface area (Å²) >= 11 is 0. The van der Waals surface area contributed by atoms with E-state index in [1.54, 1.807) is 16.7 Å². The number of aromatic nitrogens is 4. The second-order valence-corrected chi connectivity index (χ2v) is 10.2. The van der Waals surface area contributed by atoms with Crippen molar-refractivity contribution >= 4 is 11.7 Å². The SMILES string of the molecule is COc1cccc2c1C(c1ccc(-c3nnnn3C)cc1)=CC1(CCN(C(=O)OC(C)(C)C)CC1)O2. The molecule has 0 aliphatic carbocycles. The fourth-order valence-electron chi connectivity index (χ4n) is 4.76. The molecule has 2 aliphatic rings. The van der Waals surface area contributed by atoms with Crippen molar-refractivity contribution in [3.05, 3.63) is 59.7 Å². The molecule has 0 N–H and O–H groups in total. The van der Waals surface area contributed by atoms with Gasteiger partial charge in [-0.2, -0.15) is 0 Å². The van der Waals surface area contributed by atoms with Crippen LogP contribution < -0.4 is 9.47 Å². The Bertz CT molecular complexity index is 1300. The van der Waals surface area contributed by atoms with Crippen molar-refractivity contribution in [3.63, 3.8) is 0 Å². The van der Waals surface area contributed by atoms with Gasteiger partial charge in [0, 0.05) is 38.5 Å². The molecule has 5 rings (SSSR count). The second-order valence-electron chi connectivity index (χ2n) is 10.2. The van der Waals surface area contributed by atoms with Crippen LogP contribution in [0.1, 0.15) is 44.7 Å². The largest absolute Gasteiger partial charge is 0.496 e. The van der Waals surface area contributed by atoms with Crippen molar-refractivity contribution in [2.45, 2.75) is 44.8 Å². The summed E-state index contributed by atoms with van der Waals surface area (Å²) in [5.74, 6) is 2.23. The number of nitrogens with zero attached hydrogens (tertiary/aromatic N) is 5. The summed E-state index contributed by atoms with van der Waals surface area (Å²) in [5.41, 5.74) is 2.88. The fraction of sp³-hybridized carbons (Fsp3) is 0.407. The molecule has 3 heterocycles. The van der Waals surface area contributed by atoms with Crippen LogP contribution in [0.2, 0.25) is 0 Å². The van der Waals surface area contributed by atoms with E-state index in [0.29, 0.717) is 31.8 Å². The van der Waals surface area contributed by atoms with Gasteiger partial charge in [0.15, 0.2) is 5.82 Å². The van der Waals surface area contributed by atoms with E-state index in [9.17, 15) is 4.79 Å². The number of carbonyl (C=O) groups is 1. The molecule has 0 unspecified atom stereocenters. The summed E-state index contributed by atoms with van der Waals surface area (Å²) in [7, 11) is 3.49. The molecule has 9 nitrogen and oxygen atoms in total. The first kappa shape index (κ1) is 23.8. The predicted molar refractivity (Wildman–Crippen MR) is 135 cm³/mol. The molecule has 36 heavy (non-hydrogen) atoms. The number of piperidine rings is 1. The monoisotopic (exact) mass is 489 g/mol. The third-order valence-corrected chi connectivity index (χ3v) is 6.53. The lowest BCUT2D eigenvalue weighted by molar-refractivity contribution is -0.00120. The Morgan fingerprint density at radius 2 is 1.75 bits per heavy atom. The van der Waals surface area contributed by atoms with Crippen molar-refractivity contribution < 1.29 is 19.0 Å². The van der Waals surface area contributed by atoms with Gasteiger partial charge >= 0.3 is 6.09 Å². The lowest BCUT2D eigenvalue weighted by Crippen LogP contribution is -2.50. The van der Waals surface area contributed by atoms with Crippen LogP contribution in [0.5, 0.6) is 11.5 Å². The van der Waals surface area contributed by atoms with Crippen LogP contribution >= 0.6 is 0 Å². The number of benzene rings is 2. The maximum absolute atomic E-state index is 12.6. The number of hydrogen-bond acceptors (Lipinski definition) is 7. The maximum Gasteiger partial charge on any atom is 0.410 e. The van der Waals surface area contributed by atoms with E-state index < -0.39 is 11.2 Å². The number of likely N-dealkylation sites (tertiary alicyclic amines) is 1. The molecule has 0 saturated carbocycles. The van der Waals surface area contributed by atoms with Crippen LogP contribution in [0, 0.1) is 0 Å². The van der Waals surface area contributed by atoms with Crippen LogP contribution in [0.3, 0.4) is 0 Å². The van der Waals surface area contributed by atoms with E-state index in [2.05, 4.69) is 33.7 Å². The minimum atomic E-state index is -0.528. The fourth-order valence-corrected chi connectivity index (χ4v) is 4.76. The van der Waals surface area contributed by atoms with Crippen molar-refractivity contribution in [1.29, 1.82) is 0 Å². The lowest BCUT2D eigenvalue weighted by Gasteiger charge is -2.43. The second kappa shape index (κ2) is 8.96. The van der Waals surface area contributed by atoms with Gasteiger partial charge in [-0.1, -0.05) is 30.3 Å². The third kappa shape index (κ3) is 4.53. The number of tetrazole rings is 1. The molecule has 0 atom stereocenters. The number of carbonyl (C=O) groups excluding carboxylic acids is 1. The molecule has 1 saturated heterocycles. The topological polar surface area (TPSA) is 91.6 Å². The molecule has 9 heteroatoms. The molecule has 1 amide bonds. The number of fused-ring (bicyclic) bond motifs is 1. The molecule has 3 aromatic rings. The smallest absolute Gasteiger partial charge is 0.410 e. The van der Waals surface area contributed by atoms with Gasteiger partial charge in [-0.25, -0.2) is 9.48 Å². The van der Waals surface area contributed by atoms with E-state index >= 15 is 0 Å². The molecule has 1 fully saturated rings. The summed E-state index contributed by atoms with van der Waals surface area (Å²) in [5, 5.41) is 11.8. The van der Waals surface area contributed by atoms with Crippen molar-refractivity contribution in [1.82, 2.24) is 25.1 Å². The molecule has 188 valence electrons. The Kier molecular flexibility index (Phi) is 5.94. The Labute approximate surface area is 210 Å². The summed E-state index contributed by atoms with van der Waals surface area (Å²) in [6, 6.07) is 14.0. The van der Waals surface area contributed by atoms with Gasteiger partial charge in [-0.05, 0) is 60.5 Å². The van der Waals surface area contributed by atoms with Crippen LogP contribution in [-0.4, -0.2) is 62.6 Å². The molecule has 1 spiro atoms. The lowest BCUT2D eigenvalue weighted by atomic mass is 9.82. The third-order valence-electron chi connectivity index (χ3n) is 6.53. The van der Waals surface area contributed by atoms with Crippen LogP contribution in [0.4, 0.5) is 4.79 Å². The van der Waals surface area contributed by atoms with Gasteiger partial charge in [0.2, 0.25) is 0 Å². The normalized spacial score (nSPS) is 16.7. The van der Waals surface area contributed by atoms with Gasteiger partial charge in [0.1, 0.15) is 22.7 Å². The number of amides is 1. The summed E-state index contributed by atoms with van der Waals surface area (Å²) in [6.45, 7) is 6.75. The first-order chi connectivity index (χ1) is 17.2. The Balaban J connectivity index is 1.48. The minimum absolute atomic E-state index is 0.284. The maximum atomic E-state index is 12.6. The first-order valence-corrected chi connectivity index (χ1v) is 12.1. The zero-order valence-corrected chi connectivity index (χ0v) is 21.3. The quantitative estimate of drug-likeness (QED) is 0.536. The van der Waals surface area contributed by atoms with Gasteiger partial charge in [0.25, 0.3) is 0 Å². The first-order valence-electron chi connectivity index (χ1n) is 12.1. The number of hydrogen-bond donors (Lipinski definition) is 0. The highest BCUT2D eigenvalue weighted by atomic mass is 16.6. The van der Waals surface area contributed by atoms with Gasteiger partial charge in [-0.3, -0.25) is 0 Å². The number of aryl methyl sites for hydroxylation is 1. The Morgan fingerprint density at radius 1 is 1.06 bits per heavy atom. The van der Waals surface area contributed by atoms with E-state index in [0.717, 1.165) is 33.8 Å². The van der Waals surface area contributed by atoms with E-state index in [-0.39, 0.29) is 6.09 Å². The highest BCUT2D eigenvalue weighted by Gasteiger charge is 2.41. The number of methoxy groups -OCH3 is 1. The van der Waals surface area contributed by atoms with Crippen LogP contribution in [-0.2, 0) is 11.8 Å². The van der Waals surface area contributed by atoms with Crippen LogP contribution in [0.25, 0.3) is 17.0 Å². The average Bonchev–Trinajstić information content (AvgIpc) is 3.28. The van der Waals surface area contributed by atoms with Crippen LogP contribution in [0.15, 0.2) is 48.5 Å². The van der Waals surface area contributed by atoms with Crippen molar-refractivity contribution in [2.24, 2.45) is 7.05 Å². The molecule has 2 aromatic carbocycles. The highest BCUT2D eigenvalue weighted by Crippen LogP contribution is 2.47. The van der Waals surface area contributed by atoms with E-state index in [1.807, 2.05) is 58.2 Å². The van der Waals surface area contributed by atoms with Gasteiger partial charge < -0.3 is 19.1 Å². The molecular weight excluding hydrogens is 458 g/mol. The number of ether oxygens (including phenoxy) is 3.